The molecule has 0 fully saturated rings. The molecule has 0 saturated carbocycles. The van der Waals surface area contributed by atoms with Crippen LogP contribution in [0.1, 0.15) is 46.5 Å². The zero-order valence-electron chi connectivity index (χ0n) is 10.6. The van der Waals surface area contributed by atoms with Gasteiger partial charge < -0.3 is 5.11 Å². The van der Waals surface area contributed by atoms with Crippen molar-refractivity contribution in [3.63, 3.8) is 0 Å². The molecule has 0 bridgehead atoms. The number of allylic oxidation sites excluding steroid dienone is 2. The quantitative estimate of drug-likeness (QED) is 0.582. The van der Waals surface area contributed by atoms with E-state index >= 15 is 0 Å². The van der Waals surface area contributed by atoms with Crippen LogP contribution in [0, 0.1) is 5.92 Å². The molecule has 0 aromatic rings. The van der Waals surface area contributed by atoms with Crippen molar-refractivity contribution in [3.05, 3.63) is 23.8 Å². The van der Waals surface area contributed by atoms with Crippen LogP contribution in [0.3, 0.4) is 0 Å². The van der Waals surface area contributed by atoms with Gasteiger partial charge in [0, 0.05) is 5.92 Å². The van der Waals surface area contributed by atoms with Crippen molar-refractivity contribution >= 4 is 11.6 Å². The highest BCUT2D eigenvalue weighted by atomic mass is 35.5. The van der Waals surface area contributed by atoms with Crippen molar-refractivity contribution in [3.8, 4) is 0 Å². The van der Waals surface area contributed by atoms with Crippen LogP contribution in [0.2, 0.25) is 0 Å². The van der Waals surface area contributed by atoms with Crippen LogP contribution in [0.5, 0.6) is 0 Å². The second-order valence-corrected chi connectivity index (χ2v) is 5.48. The van der Waals surface area contributed by atoms with Gasteiger partial charge in [0.05, 0.1) is 5.38 Å². The van der Waals surface area contributed by atoms with E-state index in [0.29, 0.717) is 0 Å². The van der Waals surface area contributed by atoms with Gasteiger partial charge in [-0.05, 0) is 32.3 Å². The van der Waals surface area contributed by atoms with Gasteiger partial charge >= 0.3 is 0 Å². The maximum absolute atomic E-state index is 10.7. The Bertz CT molecular complexity index is 295. The van der Waals surface area contributed by atoms with Gasteiger partial charge in [0.1, 0.15) is 5.60 Å². The van der Waals surface area contributed by atoms with Gasteiger partial charge in [-0.1, -0.05) is 38.0 Å². The first-order chi connectivity index (χ1) is 7.43. The Kier molecular flexibility index (Phi) is 4.63. The topological polar surface area (TPSA) is 20.2 Å². The molecule has 16 heavy (non-hydrogen) atoms. The number of hydrogen-bond donors (Lipinski definition) is 1. The fourth-order valence-electron chi connectivity index (χ4n) is 2.38. The molecule has 2 heteroatoms. The van der Waals surface area contributed by atoms with E-state index in [1.165, 1.54) is 0 Å². The van der Waals surface area contributed by atoms with E-state index in [1.807, 2.05) is 13.8 Å². The van der Waals surface area contributed by atoms with Crippen molar-refractivity contribution in [2.45, 2.75) is 57.4 Å². The molecule has 0 spiro atoms. The molecule has 0 amide bonds. The van der Waals surface area contributed by atoms with Crippen molar-refractivity contribution in [2.24, 2.45) is 5.92 Å². The minimum absolute atomic E-state index is 0.201. The van der Waals surface area contributed by atoms with E-state index < -0.39 is 5.60 Å². The molecule has 1 aliphatic rings. The SMILES string of the molecule is C=C(C)[C@H]1CC=C(C)[C@@](O)(CCCC)[C@@H]1Cl. The van der Waals surface area contributed by atoms with Crippen LogP contribution in [-0.2, 0) is 0 Å². The molecule has 0 heterocycles. The third-order valence-corrected chi connectivity index (χ3v) is 4.38. The number of hydrogen-bond acceptors (Lipinski definition) is 1. The highest BCUT2D eigenvalue weighted by Gasteiger charge is 2.43. The molecular weight excluding hydrogens is 220 g/mol. The van der Waals surface area contributed by atoms with E-state index in [1.54, 1.807) is 0 Å². The van der Waals surface area contributed by atoms with Gasteiger partial charge in [-0.15, -0.1) is 11.6 Å². The van der Waals surface area contributed by atoms with Crippen molar-refractivity contribution in [1.29, 1.82) is 0 Å². The minimum Gasteiger partial charge on any atom is -0.384 e. The van der Waals surface area contributed by atoms with Gasteiger partial charge in [-0.25, -0.2) is 0 Å². The van der Waals surface area contributed by atoms with Crippen LogP contribution < -0.4 is 0 Å². The molecule has 0 aromatic carbocycles. The van der Waals surface area contributed by atoms with E-state index in [-0.39, 0.29) is 11.3 Å². The van der Waals surface area contributed by atoms with Crippen molar-refractivity contribution in [2.75, 3.05) is 0 Å². The second-order valence-electron chi connectivity index (χ2n) is 5.01. The van der Waals surface area contributed by atoms with Crippen LogP contribution in [0.4, 0.5) is 0 Å². The summed E-state index contributed by atoms with van der Waals surface area (Å²) in [6, 6.07) is 0. The smallest absolute Gasteiger partial charge is 0.102 e. The minimum atomic E-state index is -0.834. The summed E-state index contributed by atoms with van der Waals surface area (Å²) in [4.78, 5) is 0. The Morgan fingerprint density at radius 1 is 1.69 bits per heavy atom. The number of alkyl halides is 1. The van der Waals surface area contributed by atoms with Crippen molar-refractivity contribution < 1.29 is 5.11 Å². The lowest BCUT2D eigenvalue weighted by molar-refractivity contribution is 0.0434. The summed E-state index contributed by atoms with van der Waals surface area (Å²) < 4.78 is 0. The standard InChI is InChI=1S/C14H23ClO/c1-5-6-9-14(16)11(4)7-8-12(10(2)3)13(14)15/h7,12-13,16H,2,5-6,8-9H2,1,3-4H3/t12-,13-,14+/m1/s1. The van der Waals surface area contributed by atoms with Crippen LogP contribution >= 0.6 is 11.6 Å². The maximum Gasteiger partial charge on any atom is 0.102 e. The van der Waals surface area contributed by atoms with Gasteiger partial charge in [0.15, 0.2) is 0 Å². The number of rotatable bonds is 4. The Morgan fingerprint density at radius 2 is 2.31 bits per heavy atom. The Balaban J connectivity index is 2.92. The molecule has 0 aliphatic heterocycles. The molecule has 1 aliphatic carbocycles. The summed E-state index contributed by atoms with van der Waals surface area (Å²) in [7, 11) is 0. The normalized spacial score (nSPS) is 34.7. The molecule has 3 atom stereocenters. The molecule has 0 unspecified atom stereocenters. The summed E-state index contributed by atoms with van der Waals surface area (Å²) in [5.41, 5.74) is 1.26. The van der Waals surface area contributed by atoms with Gasteiger partial charge in [-0.3, -0.25) is 0 Å². The first kappa shape index (κ1) is 13.8. The summed E-state index contributed by atoms with van der Waals surface area (Å²) in [6.45, 7) is 10.1. The van der Waals surface area contributed by atoms with E-state index in [9.17, 15) is 5.11 Å². The number of unbranched alkanes of at least 4 members (excludes halogenated alkanes) is 1. The summed E-state index contributed by atoms with van der Waals surface area (Å²) in [6.07, 6.45) is 5.87. The van der Waals surface area contributed by atoms with E-state index in [4.69, 9.17) is 11.6 Å². The third kappa shape index (κ3) is 2.52. The van der Waals surface area contributed by atoms with Crippen LogP contribution in [-0.4, -0.2) is 16.1 Å². The number of halogens is 1. The van der Waals surface area contributed by atoms with Gasteiger partial charge in [0.25, 0.3) is 0 Å². The largest absolute Gasteiger partial charge is 0.384 e. The third-order valence-electron chi connectivity index (χ3n) is 3.71. The lowest BCUT2D eigenvalue weighted by Gasteiger charge is -2.41. The average Bonchev–Trinajstić information content (AvgIpc) is 2.23. The van der Waals surface area contributed by atoms with Gasteiger partial charge in [0.2, 0.25) is 0 Å². The van der Waals surface area contributed by atoms with E-state index in [0.717, 1.165) is 36.8 Å². The zero-order chi connectivity index (χ0) is 12.3. The van der Waals surface area contributed by atoms with Crippen molar-refractivity contribution in [1.82, 2.24) is 0 Å². The second kappa shape index (κ2) is 5.37. The zero-order valence-corrected chi connectivity index (χ0v) is 11.3. The Labute approximate surface area is 104 Å². The lowest BCUT2D eigenvalue weighted by Crippen LogP contribution is -2.47. The Morgan fingerprint density at radius 3 is 2.81 bits per heavy atom. The van der Waals surface area contributed by atoms with Gasteiger partial charge in [-0.2, -0.15) is 0 Å². The van der Waals surface area contributed by atoms with Crippen LogP contribution in [0.15, 0.2) is 23.8 Å². The highest BCUT2D eigenvalue weighted by molar-refractivity contribution is 6.22. The van der Waals surface area contributed by atoms with E-state index in [2.05, 4.69) is 19.6 Å². The summed E-state index contributed by atoms with van der Waals surface area (Å²) in [5, 5.41) is 10.5. The molecule has 0 radical (unpaired) electrons. The molecule has 0 aromatic heterocycles. The molecule has 0 saturated heterocycles. The van der Waals surface area contributed by atoms with Crippen LogP contribution in [0.25, 0.3) is 0 Å². The number of aliphatic hydroxyl groups is 1. The predicted molar refractivity (Wildman–Crippen MR) is 70.8 cm³/mol. The maximum atomic E-state index is 10.7. The fourth-order valence-corrected chi connectivity index (χ4v) is 2.98. The first-order valence-electron chi connectivity index (χ1n) is 6.12. The molecule has 1 rings (SSSR count). The summed E-state index contributed by atoms with van der Waals surface area (Å²) >= 11 is 6.46. The average molecular weight is 243 g/mol. The lowest BCUT2D eigenvalue weighted by atomic mass is 9.73. The molecule has 1 N–H and O–H groups in total. The fraction of sp³-hybridized carbons (Fsp3) is 0.714. The monoisotopic (exact) mass is 242 g/mol. The highest BCUT2D eigenvalue weighted by Crippen LogP contribution is 2.42. The molecule has 1 nitrogen and oxygen atoms in total. The summed E-state index contributed by atoms with van der Waals surface area (Å²) in [5.74, 6) is 0.201. The predicted octanol–water partition coefficient (Wildman–Crippen LogP) is 4.06. The first-order valence-corrected chi connectivity index (χ1v) is 6.56. The molecular formula is C14H23ClO. The Hall–Kier alpha value is -0.270. The molecule has 92 valence electrons.